The first-order valence-corrected chi connectivity index (χ1v) is 7.86. The Morgan fingerprint density at radius 3 is 2.67 bits per heavy atom. The summed E-state index contributed by atoms with van der Waals surface area (Å²) in [5.41, 5.74) is 0.907. The zero-order valence-electron chi connectivity index (χ0n) is 12.2. The molecule has 0 spiro atoms. The van der Waals surface area contributed by atoms with Crippen LogP contribution in [-0.4, -0.2) is 24.8 Å². The fourth-order valence-corrected chi connectivity index (χ4v) is 2.71. The van der Waals surface area contributed by atoms with Crippen LogP contribution in [-0.2, 0) is 4.74 Å². The van der Waals surface area contributed by atoms with Crippen molar-refractivity contribution in [2.24, 2.45) is 0 Å². The van der Waals surface area contributed by atoms with Crippen LogP contribution in [0, 0.1) is 0 Å². The van der Waals surface area contributed by atoms with E-state index >= 15 is 0 Å². The average molecular weight is 331 g/mol. The SMILES string of the molecule is CC(NC(=O)NC(C)C1CCCO1)c1ccc(Cl)c(Cl)c1. The number of carbonyl (C=O) groups is 1. The summed E-state index contributed by atoms with van der Waals surface area (Å²) in [5.74, 6) is 0. The zero-order valence-corrected chi connectivity index (χ0v) is 13.7. The van der Waals surface area contributed by atoms with E-state index < -0.39 is 0 Å². The molecule has 1 aromatic rings. The summed E-state index contributed by atoms with van der Waals surface area (Å²) in [4.78, 5) is 12.0. The molecule has 0 radical (unpaired) electrons. The summed E-state index contributed by atoms with van der Waals surface area (Å²) in [6.07, 6.45) is 2.15. The van der Waals surface area contributed by atoms with Gasteiger partial charge < -0.3 is 15.4 Å². The number of urea groups is 1. The van der Waals surface area contributed by atoms with Crippen molar-refractivity contribution in [3.63, 3.8) is 0 Å². The van der Waals surface area contributed by atoms with Gasteiger partial charge in [-0.3, -0.25) is 0 Å². The molecule has 3 atom stereocenters. The summed E-state index contributed by atoms with van der Waals surface area (Å²) >= 11 is 11.9. The molecule has 21 heavy (non-hydrogen) atoms. The number of rotatable bonds is 4. The van der Waals surface area contributed by atoms with E-state index in [9.17, 15) is 4.79 Å². The number of hydrogen-bond donors (Lipinski definition) is 2. The minimum absolute atomic E-state index is 0.00601. The van der Waals surface area contributed by atoms with E-state index in [1.165, 1.54) is 0 Å². The molecule has 2 rings (SSSR count). The van der Waals surface area contributed by atoms with Crippen LogP contribution < -0.4 is 10.6 Å². The molecular formula is C15H20Cl2N2O2. The smallest absolute Gasteiger partial charge is 0.315 e. The van der Waals surface area contributed by atoms with Gasteiger partial charge in [0.15, 0.2) is 0 Å². The van der Waals surface area contributed by atoms with Crippen LogP contribution in [0.1, 0.15) is 38.3 Å². The normalized spacial score (nSPS) is 20.9. The van der Waals surface area contributed by atoms with Crippen LogP contribution in [0.15, 0.2) is 18.2 Å². The minimum atomic E-state index is -0.212. The van der Waals surface area contributed by atoms with Crippen molar-refractivity contribution in [1.82, 2.24) is 10.6 Å². The van der Waals surface area contributed by atoms with Gasteiger partial charge in [-0.05, 0) is 44.4 Å². The Hall–Kier alpha value is -0.970. The van der Waals surface area contributed by atoms with Crippen LogP contribution in [0.3, 0.4) is 0 Å². The number of amides is 2. The van der Waals surface area contributed by atoms with Gasteiger partial charge in [-0.1, -0.05) is 29.3 Å². The predicted octanol–water partition coefficient (Wildman–Crippen LogP) is 3.92. The quantitative estimate of drug-likeness (QED) is 0.878. The average Bonchev–Trinajstić information content (AvgIpc) is 2.95. The van der Waals surface area contributed by atoms with Crippen LogP contribution in [0.2, 0.25) is 10.0 Å². The van der Waals surface area contributed by atoms with E-state index in [0.29, 0.717) is 10.0 Å². The number of ether oxygens (including phenoxy) is 1. The van der Waals surface area contributed by atoms with Crippen molar-refractivity contribution in [3.8, 4) is 0 Å². The van der Waals surface area contributed by atoms with Gasteiger partial charge in [0.25, 0.3) is 0 Å². The standard InChI is InChI=1S/C15H20Cl2N2O2/c1-9(11-5-6-12(16)13(17)8-11)18-15(20)19-10(2)14-4-3-7-21-14/h5-6,8-10,14H,3-4,7H2,1-2H3,(H2,18,19,20). The molecule has 1 saturated heterocycles. The highest BCUT2D eigenvalue weighted by molar-refractivity contribution is 6.42. The van der Waals surface area contributed by atoms with Gasteiger partial charge in [-0.2, -0.15) is 0 Å². The Balaban J connectivity index is 1.87. The molecule has 2 N–H and O–H groups in total. The molecule has 3 unspecified atom stereocenters. The predicted molar refractivity (Wildman–Crippen MR) is 85.0 cm³/mol. The van der Waals surface area contributed by atoms with Gasteiger partial charge >= 0.3 is 6.03 Å². The van der Waals surface area contributed by atoms with Crippen molar-refractivity contribution in [2.45, 2.75) is 44.9 Å². The summed E-state index contributed by atoms with van der Waals surface area (Å²) in [5, 5.41) is 6.79. The largest absolute Gasteiger partial charge is 0.376 e. The molecule has 1 heterocycles. The van der Waals surface area contributed by atoms with Gasteiger partial charge in [0.1, 0.15) is 0 Å². The fraction of sp³-hybridized carbons (Fsp3) is 0.533. The van der Waals surface area contributed by atoms with E-state index in [-0.39, 0.29) is 24.2 Å². The molecule has 1 aliphatic heterocycles. The van der Waals surface area contributed by atoms with Crippen LogP contribution in [0.4, 0.5) is 4.79 Å². The highest BCUT2D eigenvalue weighted by Gasteiger charge is 2.24. The van der Waals surface area contributed by atoms with E-state index in [0.717, 1.165) is 25.0 Å². The maximum Gasteiger partial charge on any atom is 0.315 e. The summed E-state index contributed by atoms with van der Waals surface area (Å²) < 4.78 is 5.56. The molecule has 0 aliphatic carbocycles. The van der Waals surface area contributed by atoms with Crippen LogP contribution in [0.5, 0.6) is 0 Å². The Labute approximate surface area is 135 Å². The number of benzene rings is 1. The number of nitrogens with one attached hydrogen (secondary N) is 2. The third-order valence-corrected chi connectivity index (χ3v) is 4.41. The number of hydrogen-bond acceptors (Lipinski definition) is 2. The van der Waals surface area contributed by atoms with Crippen molar-refractivity contribution in [3.05, 3.63) is 33.8 Å². The Morgan fingerprint density at radius 1 is 1.29 bits per heavy atom. The fourth-order valence-electron chi connectivity index (χ4n) is 2.40. The lowest BCUT2D eigenvalue weighted by atomic mass is 10.1. The lowest BCUT2D eigenvalue weighted by molar-refractivity contribution is 0.0859. The topological polar surface area (TPSA) is 50.4 Å². The van der Waals surface area contributed by atoms with Crippen molar-refractivity contribution in [2.75, 3.05) is 6.61 Å². The molecular weight excluding hydrogens is 311 g/mol. The molecule has 1 aliphatic rings. The first kappa shape index (κ1) is 16.4. The lowest BCUT2D eigenvalue weighted by Gasteiger charge is -2.22. The first-order valence-electron chi connectivity index (χ1n) is 7.11. The van der Waals surface area contributed by atoms with Gasteiger partial charge in [0.2, 0.25) is 0 Å². The maximum atomic E-state index is 12.0. The third kappa shape index (κ3) is 4.50. The molecule has 0 aromatic heterocycles. The molecule has 116 valence electrons. The molecule has 0 bridgehead atoms. The Kier molecular flexibility index (Phi) is 5.73. The summed E-state index contributed by atoms with van der Waals surface area (Å²) in [6, 6.07) is 4.97. The molecule has 0 saturated carbocycles. The second-order valence-corrected chi connectivity index (χ2v) is 6.17. The van der Waals surface area contributed by atoms with Crippen LogP contribution >= 0.6 is 23.2 Å². The van der Waals surface area contributed by atoms with E-state index in [1.807, 2.05) is 19.9 Å². The highest BCUT2D eigenvalue weighted by Crippen LogP contribution is 2.25. The second-order valence-electron chi connectivity index (χ2n) is 5.35. The van der Waals surface area contributed by atoms with E-state index in [4.69, 9.17) is 27.9 Å². The minimum Gasteiger partial charge on any atom is -0.376 e. The van der Waals surface area contributed by atoms with Gasteiger partial charge in [-0.25, -0.2) is 4.79 Å². The van der Waals surface area contributed by atoms with Crippen LogP contribution in [0.25, 0.3) is 0 Å². The monoisotopic (exact) mass is 330 g/mol. The number of carbonyl (C=O) groups excluding carboxylic acids is 1. The summed E-state index contributed by atoms with van der Waals surface area (Å²) in [7, 11) is 0. The van der Waals surface area contributed by atoms with Gasteiger partial charge in [0, 0.05) is 6.61 Å². The molecule has 2 amide bonds. The molecule has 1 fully saturated rings. The van der Waals surface area contributed by atoms with E-state index in [2.05, 4.69) is 10.6 Å². The second kappa shape index (κ2) is 7.34. The Bertz CT molecular complexity index is 504. The highest BCUT2D eigenvalue weighted by atomic mass is 35.5. The van der Waals surface area contributed by atoms with Crippen molar-refractivity contribution < 1.29 is 9.53 Å². The molecule has 4 nitrogen and oxygen atoms in total. The zero-order chi connectivity index (χ0) is 15.4. The van der Waals surface area contributed by atoms with Gasteiger partial charge in [0.05, 0.1) is 28.2 Å². The Morgan fingerprint density at radius 2 is 2.05 bits per heavy atom. The van der Waals surface area contributed by atoms with Crippen molar-refractivity contribution >= 4 is 29.2 Å². The summed E-state index contributed by atoms with van der Waals surface area (Å²) in [6.45, 7) is 4.63. The molecule has 6 heteroatoms. The lowest BCUT2D eigenvalue weighted by Crippen LogP contribution is -2.46. The van der Waals surface area contributed by atoms with Crippen molar-refractivity contribution in [1.29, 1.82) is 0 Å². The first-order chi connectivity index (χ1) is 9.97. The molecule has 1 aromatic carbocycles. The maximum absolute atomic E-state index is 12.0. The third-order valence-electron chi connectivity index (χ3n) is 3.67. The van der Waals surface area contributed by atoms with Gasteiger partial charge in [-0.15, -0.1) is 0 Å². The van der Waals surface area contributed by atoms with E-state index in [1.54, 1.807) is 12.1 Å². The number of halogens is 2.